The Morgan fingerprint density at radius 1 is 1.42 bits per heavy atom. The Morgan fingerprint density at radius 2 is 2.11 bits per heavy atom. The van der Waals surface area contributed by atoms with E-state index in [2.05, 4.69) is 9.71 Å². The van der Waals surface area contributed by atoms with Crippen LogP contribution >= 0.6 is 0 Å². The molecule has 1 aliphatic carbocycles. The van der Waals surface area contributed by atoms with Crippen molar-refractivity contribution < 1.29 is 18.3 Å². The van der Waals surface area contributed by atoms with Gasteiger partial charge in [-0.15, -0.1) is 0 Å². The van der Waals surface area contributed by atoms with Crippen LogP contribution in [0, 0.1) is 5.92 Å². The second-order valence-electron chi connectivity index (χ2n) is 4.89. The zero-order valence-corrected chi connectivity index (χ0v) is 11.4. The van der Waals surface area contributed by atoms with Crippen molar-refractivity contribution in [3.05, 3.63) is 18.0 Å². The van der Waals surface area contributed by atoms with Crippen molar-refractivity contribution in [2.24, 2.45) is 5.92 Å². The minimum absolute atomic E-state index is 0.0312. The molecule has 0 spiro atoms. The molecule has 1 fully saturated rings. The lowest BCUT2D eigenvalue weighted by molar-refractivity contribution is 0.0691. The van der Waals surface area contributed by atoms with Crippen LogP contribution in [0.2, 0.25) is 0 Å². The number of aromatic carboxylic acids is 1. The molecule has 0 amide bonds. The molecule has 0 bridgehead atoms. The van der Waals surface area contributed by atoms with Gasteiger partial charge in [0.15, 0.2) is 0 Å². The first-order valence-electron chi connectivity index (χ1n) is 6.40. The van der Waals surface area contributed by atoms with Crippen LogP contribution in [0.3, 0.4) is 0 Å². The Balaban J connectivity index is 1.91. The topological polar surface area (TPSA) is 99.3 Å². The lowest BCUT2D eigenvalue weighted by Gasteiger charge is -2.09. The minimum Gasteiger partial charge on any atom is -0.477 e. The molecule has 7 heteroatoms. The summed E-state index contributed by atoms with van der Waals surface area (Å²) in [4.78, 5) is 13.1. The van der Waals surface area contributed by atoms with Crippen LogP contribution in [0.15, 0.2) is 17.2 Å². The fourth-order valence-electron chi connectivity index (χ4n) is 2.43. The molecule has 0 atom stereocenters. The first-order valence-corrected chi connectivity index (χ1v) is 7.89. The first-order chi connectivity index (χ1) is 8.99. The van der Waals surface area contributed by atoms with Crippen LogP contribution in [-0.2, 0) is 10.0 Å². The lowest BCUT2D eigenvalue weighted by atomic mass is 10.1. The van der Waals surface area contributed by atoms with Gasteiger partial charge in [-0.05, 0) is 18.4 Å². The van der Waals surface area contributed by atoms with E-state index in [1.54, 1.807) is 0 Å². The van der Waals surface area contributed by atoms with Crippen molar-refractivity contribution in [1.29, 1.82) is 0 Å². The summed E-state index contributed by atoms with van der Waals surface area (Å²) in [7, 11) is -3.61. The highest BCUT2D eigenvalue weighted by atomic mass is 32.2. The predicted octanol–water partition coefficient (Wildman–Crippen LogP) is 1.57. The zero-order chi connectivity index (χ0) is 13.9. The Bertz CT molecular complexity index is 544. The molecule has 1 aromatic heterocycles. The van der Waals surface area contributed by atoms with Crippen LogP contribution in [0.25, 0.3) is 0 Å². The van der Waals surface area contributed by atoms with Gasteiger partial charge in [0, 0.05) is 12.7 Å². The van der Waals surface area contributed by atoms with Gasteiger partial charge in [-0.3, -0.25) is 0 Å². The fraction of sp³-hybridized carbons (Fsp3) is 0.583. The third-order valence-electron chi connectivity index (χ3n) is 3.52. The maximum absolute atomic E-state index is 11.9. The van der Waals surface area contributed by atoms with E-state index in [4.69, 9.17) is 5.11 Å². The molecule has 2 rings (SSSR count). The average molecular weight is 286 g/mol. The predicted molar refractivity (Wildman–Crippen MR) is 69.5 cm³/mol. The summed E-state index contributed by atoms with van der Waals surface area (Å²) >= 11 is 0. The Kier molecular flexibility index (Phi) is 4.26. The monoisotopic (exact) mass is 286 g/mol. The van der Waals surface area contributed by atoms with Crippen LogP contribution < -0.4 is 4.72 Å². The number of aromatic amines is 1. The standard InChI is InChI=1S/C12H18N2O4S/c15-12(16)11-7-10(8-13-11)19(17,18)14-6-5-9-3-1-2-4-9/h7-9,13-14H,1-6H2,(H,15,16). The van der Waals surface area contributed by atoms with Crippen molar-refractivity contribution in [3.63, 3.8) is 0 Å². The molecule has 0 unspecified atom stereocenters. The van der Waals surface area contributed by atoms with Crippen molar-refractivity contribution in [1.82, 2.24) is 9.71 Å². The van der Waals surface area contributed by atoms with E-state index in [-0.39, 0.29) is 10.6 Å². The second-order valence-corrected chi connectivity index (χ2v) is 6.66. The summed E-state index contributed by atoms with van der Waals surface area (Å²) in [5, 5.41) is 8.74. The maximum atomic E-state index is 11.9. The fourth-order valence-corrected chi connectivity index (χ4v) is 3.47. The molecule has 0 aromatic carbocycles. The molecule has 3 N–H and O–H groups in total. The van der Waals surface area contributed by atoms with E-state index in [9.17, 15) is 13.2 Å². The van der Waals surface area contributed by atoms with Gasteiger partial charge in [0.05, 0.1) is 0 Å². The number of hydrogen-bond acceptors (Lipinski definition) is 3. The van der Waals surface area contributed by atoms with Gasteiger partial charge in [-0.2, -0.15) is 0 Å². The molecular weight excluding hydrogens is 268 g/mol. The van der Waals surface area contributed by atoms with Gasteiger partial charge in [0.25, 0.3) is 0 Å². The van der Waals surface area contributed by atoms with Gasteiger partial charge in [0.1, 0.15) is 10.6 Å². The Morgan fingerprint density at radius 3 is 2.68 bits per heavy atom. The summed E-state index contributed by atoms with van der Waals surface area (Å²) < 4.78 is 26.3. The summed E-state index contributed by atoms with van der Waals surface area (Å²) in [6.45, 7) is 0.403. The molecule has 1 saturated carbocycles. The maximum Gasteiger partial charge on any atom is 0.352 e. The SMILES string of the molecule is O=C(O)c1cc(S(=O)(=O)NCCC2CCCC2)c[nH]1. The highest BCUT2D eigenvalue weighted by molar-refractivity contribution is 7.89. The summed E-state index contributed by atoms with van der Waals surface area (Å²) in [5.41, 5.74) is -0.129. The highest BCUT2D eigenvalue weighted by Crippen LogP contribution is 2.27. The molecule has 1 aromatic rings. The number of rotatable bonds is 6. The molecule has 0 saturated heterocycles. The number of sulfonamides is 1. The number of hydrogen-bond donors (Lipinski definition) is 3. The number of carboxylic acid groups (broad SMARTS) is 1. The Hall–Kier alpha value is -1.34. The Labute approximate surface area is 112 Å². The number of carbonyl (C=O) groups is 1. The van der Waals surface area contributed by atoms with Crippen LogP contribution in [0.4, 0.5) is 0 Å². The van der Waals surface area contributed by atoms with Gasteiger partial charge in [-0.1, -0.05) is 25.7 Å². The molecule has 6 nitrogen and oxygen atoms in total. The van der Waals surface area contributed by atoms with Crippen LogP contribution in [0.5, 0.6) is 0 Å². The summed E-state index contributed by atoms with van der Waals surface area (Å²) in [6.07, 6.45) is 6.86. The van der Waals surface area contributed by atoms with E-state index >= 15 is 0 Å². The minimum atomic E-state index is -3.61. The zero-order valence-electron chi connectivity index (χ0n) is 10.6. The number of carboxylic acids is 1. The van der Waals surface area contributed by atoms with E-state index in [1.807, 2.05) is 0 Å². The molecular formula is C12H18N2O4S. The molecule has 0 aliphatic heterocycles. The smallest absolute Gasteiger partial charge is 0.352 e. The summed E-state index contributed by atoms with van der Waals surface area (Å²) in [5.74, 6) is -0.559. The first kappa shape index (κ1) is 14.1. The average Bonchev–Trinajstić information content (AvgIpc) is 2.99. The third-order valence-corrected chi connectivity index (χ3v) is 4.96. The second kappa shape index (κ2) is 5.75. The number of nitrogens with one attached hydrogen (secondary N) is 2. The van der Waals surface area contributed by atoms with Crippen LogP contribution in [0.1, 0.15) is 42.6 Å². The van der Waals surface area contributed by atoms with Gasteiger partial charge in [-0.25, -0.2) is 17.9 Å². The highest BCUT2D eigenvalue weighted by Gasteiger charge is 2.19. The van der Waals surface area contributed by atoms with Gasteiger partial charge in [0.2, 0.25) is 10.0 Å². The third kappa shape index (κ3) is 3.57. The molecule has 19 heavy (non-hydrogen) atoms. The van der Waals surface area contributed by atoms with Crippen molar-refractivity contribution >= 4 is 16.0 Å². The van der Waals surface area contributed by atoms with Gasteiger partial charge < -0.3 is 10.1 Å². The van der Waals surface area contributed by atoms with Crippen molar-refractivity contribution in [3.8, 4) is 0 Å². The molecule has 1 aliphatic rings. The van der Waals surface area contributed by atoms with E-state index in [0.717, 1.165) is 12.5 Å². The van der Waals surface area contributed by atoms with Crippen molar-refractivity contribution in [2.45, 2.75) is 37.0 Å². The number of H-pyrrole nitrogens is 1. The molecule has 0 radical (unpaired) electrons. The quantitative estimate of drug-likeness (QED) is 0.739. The molecule has 106 valence electrons. The summed E-state index contributed by atoms with van der Waals surface area (Å²) in [6, 6.07) is 1.13. The molecule has 1 heterocycles. The van der Waals surface area contributed by atoms with Gasteiger partial charge >= 0.3 is 5.97 Å². The van der Waals surface area contributed by atoms with E-state index in [1.165, 1.54) is 31.9 Å². The normalized spacial score (nSPS) is 16.8. The van der Waals surface area contributed by atoms with Crippen molar-refractivity contribution in [2.75, 3.05) is 6.54 Å². The number of aromatic nitrogens is 1. The van der Waals surface area contributed by atoms with Crippen LogP contribution in [-0.4, -0.2) is 31.0 Å². The largest absolute Gasteiger partial charge is 0.477 e. The van der Waals surface area contributed by atoms with E-state index in [0.29, 0.717) is 12.5 Å². The van der Waals surface area contributed by atoms with E-state index < -0.39 is 16.0 Å². The lowest BCUT2D eigenvalue weighted by Crippen LogP contribution is -2.25.